The van der Waals surface area contributed by atoms with Gasteiger partial charge in [0.1, 0.15) is 12.7 Å². The van der Waals surface area contributed by atoms with Crippen LogP contribution in [-0.4, -0.2) is 45.3 Å². The van der Waals surface area contributed by atoms with Gasteiger partial charge in [0.2, 0.25) is 0 Å². The number of carbonyl (C=O) groups is 1. The van der Waals surface area contributed by atoms with Crippen LogP contribution in [0.15, 0.2) is 36.9 Å². The van der Waals surface area contributed by atoms with Gasteiger partial charge < -0.3 is 10.2 Å². The molecule has 1 aliphatic heterocycles. The van der Waals surface area contributed by atoms with Gasteiger partial charge in [-0.25, -0.2) is 14.5 Å². The summed E-state index contributed by atoms with van der Waals surface area (Å²) in [6, 6.07) is 9.74. The van der Waals surface area contributed by atoms with E-state index in [1.807, 2.05) is 27.8 Å². The summed E-state index contributed by atoms with van der Waals surface area (Å²) in [6.45, 7) is 1.97. The van der Waals surface area contributed by atoms with Gasteiger partial charge in [-0.1, -0.05) is 12.1 Å². The number of hydrogen-bond donors (Lipinski definition) is 1. The maximum atomic E-state index is 12.3. The van der Waals surface area contributed by atoms with Crippen LogP contribution in [0.2, 0.25) is 0 Å². The monoisotopic (exact) mass is 324 g/mol. The number of nitriles is 1. The Morgan fingerprint density at radius 2 is 2.38 bits per heavy atom. The maximum absolute atomic E-state index is 12.3. The SMILES string of the molecule is N#Cc1cccc(CCNC(=O)N2CCCC(n3cncn3)C2)c1. The average Bonchev–Trinajstić information content (AvgIpc) is 3.17. The summed E-state index contributed by atoms with van der Waals surface area (Å²) in [6.07, 6.45) is 5.90. The van der Waals surface area contributed by atoms with Gasteiger partial charge in [-0.15, -0.1) is 0 Å². The molecule has 1 aliphatic rings. The highest BCUT2D eigenvalue weighted by Crippen LogP contribution is 2.20. The second kappa shape index (κ2) is 7.59. The zero-order chi connectivity index (χ0) is 16.8. The number of likely N-dealkylation sites (tertiary alicyclic amines) is 1. The molecule has 1 fully saturated rings. The van der Waals surface area contributed by atoms with Crippen molar-refractivity contribution in [2.24, 2.45) is 0 Å². The highest BCUT2D eigenvalue weighted by molar-refractivity contribution is 5.74. The molecule has 124 valence electrons. The molecule has 1 N–H and O–H groups in total. The Bertz CT molecular complexity index is 721. The number of nitrogens with one attached hydrogen (secondary N) is 1. The van der Waals surface area contributed by atoms with Crippen molar-refractivity contribution >= 4 is 6.03 Å². The van der Waals surface area contributed by atoms with Crippen LogP contribution in [-0.2, 0) is 6.42 Å². The zero-order valence-electron chi connectivity index (χ0n) is 13.4. The van der Waals surface area contributed by atoms with Gasteiger partial charge >= 0.3 is 6.03 Å². The van der Waals surface area contributed by atoms with E-state index in [1.54, 1.807) is 12.4 Å². The van der Waals surface area contributed by atoms with Crippen LogP contribution in [0.4, 0.5) is 4.79 Å². The fourth-order valence-corrected chi connectivity index (χ4v) is 2.98. The van der Waals surface area contributed by atoms with E-state index in [0.717, 1.165) is 24.9 Å². The van der Waals surface area contributed by atoms with Crippen LogP contribution in [0.3, 0.4) is 0 Å². The summed E-state index contributed by atoms with van der Waals surface area (Å²) in [5.74, 6) is 0. The number of carbonyl (C=O) groups excluding carboxylic acids is 1. The Morgan fingerprint density at radius 1 is 1.46 bits per heavy atom. The molecular formula is C17H20N6O. The van der Waals surface area contributed by atoms with Gasteiger partial charge in [-0.2, -0.15) is 10.4 Å². The molecule has 7 nitrogen and oxygen atoms in total. The molecule has 2 aromatic rings. The minimum atomic E-state index is -0.0451. The van der Waals surface area contributed by atoms with Crippen LogP contribution >= 0.6 is 0 Å². The van der Waals surface area contributed by atoms with Crippen LogP contribution in [0, 0.1) is 11.3 Å². The molecule has 0 saturated carbocycles. The number of piperidine rings is 1. The van der Waals surface area contributed by atoms with Gasteiger partial charge in [0.05, 0.1) is 17.7 Å². The fourth-order valence-electron chi connectivity index (χ4n) is 2.98. The Morgan fingerprint density at radius 3 is 3.17 bits per heavy atom. The molecule has 1 aromatic carbocycles. The summed E-state index contributed by atoms with van der Waals surface area (Å²) < 4.78 is 1.83. The maximum Gasteiger partial charge on any atom is 0.317 e. The van der Waals surface area contributed by atoms with Crippen molar-refractivity contribution in [2.75, 3.05) is 19.6 Å². The number of hydrogen-bond acceptors (Lipinski definition) is 4. The van der Waals surface area contributed by atoms with Gasteiger partial charge in [-0.3, -0.25) is 0 Å². The molecule has 1 atom stereocenters. The molecule has 1 unspecified atom stereocenters. The van der Waals surface area contributed by atoms with Crippen LogP contribution in [0.25, 0.3) is 0 Å². The van der Waals surface area contributed by atoms with Crippen molar-refractivity contribution < 1.29 is 4.79 Å². The van der Waals surface area contributed by atoms with Gasteiger partial charge in [0.15, 0.2) is 0 Å². The number of urea groups is 1. The van der Waals surface area contributed by atoms with Crippen LogP contribution < -0.4 is 5.32 Å². The average molecular weight is 324 g/mol. The standard InChI is InChI=1S/C17H20N6O/c18-10-15-4-1-3-14(9-15)6-7-20-17(24)22-8-2-5-16(11-22)23-13-19-12-21-23/h1,3-4,9,12-13,16H,2,5-8,11H2,(H,20,24). The van der Waals surface area contributed by atoms with Crippen LogP contribution in [0.5, 0.6) is 0 Å². The van der Waals surface area contributed by atoms with Gasteiger partial charge in [0.25, 0.3) is 0 Å². The van der Waals surface area contributed by atoms with Gasteiger partial charge in [0, 0.05) is 19.6 Å². The van der Waals surface area contributed by atoms with Crippen molar-refractivity contribution in [2.45, 2.75) is 25.3 Å². The summed E-state index contributed by atoms with van der Waals surface area (Å²) in [4.78, 5) is 18.2. The number of rotatable bonds is 4. The molecular weight excluding hydrogens is 304 g/mol. The van der Waals surface area contributed by atoms with E-state index in [0.29, 0.717) is 25.1 Å². The summed E-state index contributed by atoms with van der Waals surface area (Å²) in [5.41, 5.74) is 1.69. The molecule has 1 saturated heterocycles. The van der Waals surface area contributed by atoms with E-state index in [2.05, 4.69) is 21.5 Å². The number of nitrogens with zero attached hydrogens (tertiary/aromatic N) is 5. The summed E-state index contributed by atoms with van der Waals surface area (Å²) in [5, 5.41) is 16.0. The molecule has 7 heteroatoms. The summed E-state index contributed by atoms with van der Waals surface area (Å²) in [7, 11) is 0. The fraction of sp³-hybridized carbons (Fsp3) is 0.412. The predicted molar refractivity (Wildman–Crippen MR) is 88.1 cm³/mol. The molecule has 24 heavy (non-hydrogen) atoms. The third-order valence-electron chi connectivity index (χ3n) is 4.24. The molecule has 1 aromatic heterocycles. The third-order valence-corrected chi connectivity index (χ3v) is 4.24. The second-order valence-electron chi connectivity index (χ2n) is 5.91. The van der Waals surface area contributed by atoms with Crippen molar-refractivity contribution in [3.8, 4) is 6.07 Å². The van der Waals surface area contributed by atoms with Gasteiger partial charge in [-0.05, 0) is 37.0 Å². The first-order valence-electron chi connectivity index (χ1n) is 8.12. The highest BCUT2D eigenvalue weighted by atomic mass is 16.2. The number of aromatic nitrogens is 3. The topological polar surface area (TPSA) is 86.8 Å². The Kier molecular flexibility index (Phi) is 5.06. The van der Waals surface area contributed by atoms with E-state index in [-0.39, 0.29) is 12.1 Å². The first kappa shape index (κ1) is 16.0. The minimum Gasteiger partial charge on any atom is -0.338 e. The lowest BCUT2D eigenvalue weighted by Crippen LogP contribution is -2.46. The first-order valence-corrected chi connectivity index (χ1v) is 8.12. The zero-order valence-corrected chi connectivity index (χ0v) is 13.4. The van der Waals surface area contributed by atoms with Crippen molar-refractivity contribution in [3.05, 3.63) is 48.0 Å². The third kappa shape index (κ3) is 3.90. The van der Waals surface area contributed by atoms with E-state index in [4.69, 9.17) is 5.26 Å². The molecule has 2 heterocycles. The molecule has 0 bridgehead atoms. The van der Waals surface area contributed by atoms with E-state index < -0.39 is 0 Å². The minimum absolute atomic E-state index is 0.0451. The molecule has 3 rings (SSSR count). The normalized spacial score (nSPS) is 17.3. The van der Waals surface area contributed by atoms with Crippen molar-refractivity contribution in [1.82, 2.24) is 25.0 Å². The summed E-state index contributed by atoms with van der Waals surface area (Å²) >= 11 is 0. The largest absolute Gasteiger partial charge is 0.338 e. The lowest BCUT2D eigenvalue weighted by Gasteiger charge is -2.32. The van der Waals surface area contributed by atoms with E-state index in [9.17, 15) is 4.79 Å². The van der Waals surface area contributed by atoms with Crippen LogP contribution in [0.1, 0.15) is 30.0 Å². The molecule has 2 amide bonds. The number of amides is 2. The van der Waals surface area contributed by atoms with E-state index >= 15 is 0 Å². The predicted octanol–water partition coefficient (Wildman–Crippen LogP) is 1.74. The smallest absolute Gasteiger partial charge is 0.317 e. The Balaban J connectivity index is 1.48. The van der Waals surface area contributed by atoms with Crippen molar-refractivity contribution in [3.63, 3.8) is 0 Å². The first-order chi connectivity index (χ1) is 11.8. The molecule has 0 aliphatic carbocycles. The molecule has 0 radical (unpaired) electrons. The highest BCUT2D eigenvalue weighted by Gasteiger charge is 2.24. The van der Waals surface area contributed by atoms with E-state index in [1.165, 1.54) is 6.33 Å². The van der Waals surface area contributed by atoms with Crippen molar-refractivity contribution in [1.29, 1.82) is 5.26 Å². The Hall–Kier alpha value is -2.88. The Labute approximate surface area is 140 Å². The lowest BCUT2D eigenvalue weighted by atomic mass is 10.1. The molecule has 0 spiro atoms. The lowest BCUT2D eigenvalue weighted by molar-refractivity contribution is 0.163. The second-order valence-corrected chi connectivity index (χ2v) is 5.91. The quantitative estimate of drug-likeness (QED) is 0.928. The number of benzene rings is 1.